The van der Waals surface area contributed by atoms with E-state index in [-0.39, 0.29) is 0 Å². The second kappa shape index (κ2) is 2.98. The zero-order valence-electron chi connectivity index (χ0n) is 5.24. The molecule has 1 saturated heterocycles. The Labute approximate surface area is 51.5 Å². The van der Waals surface area contributed by atoms with Crippen molar-refractivity contribution >= 4 is 0 Å². The van der Waals surface area contributed by atoms with Crippen LogP contribution in [0.3, 0.4) is 0 Å². The van der Waals surface area contributed by atoms with Crippen LogP contribution >= 0.6 is 0 Å². The fourth-order valence-electron chi connectivity index (χ4n) is 1.03. The van der Waals surface area contributed by atoms with Gasteiger partial charge in [0.05, 0.1) is 13.3 Å². The first-order valence-electron chi connectivity index (χ1n) is 3.27. The Kier molecular flexibility index (Phi) is 2.22. The maximum Gasteiger partial charge on any atom is 0.0926 e. The van der Waals surface area contributed by atoms with E-state index in [1.807, 2.05) is 0 Å². The number of rotatable bonds is 1. The van der Waals surface area contributed by atoms with Gasteiger partial charge in [0.1, 0.15) is 0 Å². The second-order valence-electron chi connectivity index (χ2n) is 2.28. The Balaban J connectivity index is 2.13. The van der Waals surface area contributed by atoms with E-state index in [1.54, 1.807) is 5.92 Å². The molecule has 0 spiro atoms. The summed E-state index contributed by atoms with van der Waals surface area (Å²) in [7, 11) is 0. The average molecular weight is 111 g/mol. The minimum absolute atomic E-state index is 1.02. The SMILES string of the molecule is [CH2+]C[C]1CCCNC1. The third kappa shape index (κ3) is 1.41. The summed E-state index contributed by atoms with van der Waals surface area (Å²) in [6, 6.07) is 0. The predicted molar refractivity (Wildman–Crippen MR) is 35.3 cm³/mol. The molecule has 1 heterocycles. The summed E-state index contributed by atoms with van der Waals surface area (Å²) in [6.45, 7) is 6.14. The zero-order valence-corrected chi connectivity index (χ0v) is 5.24. The van der Waals surface area contributed by atoms with Crippen LogP contribution in [0.15, 0.2) is 0 Å². The molecule has 1 N–H and O–H groups in total. The summed E-state index contributed by atoms with van der Waals surface area (Å²) in [4.78, 5) is 0. The number of hydrogen-bond acceptors (Lipinski definition) is 1. The van der Waals surface area contributed by atoms with Gasteiger partial charge in [0.25, 0.3) is 0 Å². The maximum absolute atomic E-state index is 3.83. The van der Waals surface area contributed by atoms with Gasteiger partial charge in [-0.3, -0.25) is 0 Å². The van der Waals surface area contributed by atoms with Crippen LogP contribution in [0.4, 0.5) is 0 Å². The van der Waals surface area contributed by atoms with Crippen LogP contribution in [0.25, 0.3) is 0 Å². The van der Waals surface area contributed by atoms with Crippen molar-refractivity contribution in [3.05, 3.63) is 12.8 Å². The Morgan fingerprint density at radius 1 is 1.62 bits per heavy atom. The van der Waals surface area contributed by atoms with Gasteiger partial charge in [-0.25, -0.2) is 0 Å². The van der Waals surface area contributed by atoms with Crippen LogP contribution in [0.5, 0.6) is 0 Å². The lowest BCUT2D eigenvalue weighted by Gasteiger charge is -2.17. The third-order valence-electron chi connectivity index (χ3n) is 1.61. The lowest BCUT2D eigenvalue weighted by molar-refractivity contribution is 0.537. The Morgan fingerprint density at radius 3 is 2.88 bits per heavy atom. The Bertz CT molecular complexity index is 55.4. The molecule has 0 bridgehead atoms. The van der Waals surface area contributed by atoms with Gasteiger partial charge < -0.3 is 5.32 Å². The first-order valence-corrected chi connectivity index (χ1v) is 3.27. The molecule has 45 valence electrons. The van der Waals surface area contributed by atoms with Gasteiger partial charge in [-0.2, -0.15) is 0 Å². The molecule has 1 aliphatic heterocycles. The molecule has 1 radical (unpaired) electrons. The fourth-order valence-corrected chi connectivity index (χ4v) is 1.03. The number of hydrogen-bond donors (Lipinski definition) is 1. The zero-order chi connectivity index (χ0) is 5.82. The quantitative estimate of drug-likeness (QED) is 0.501. The fraction of sp³-hybridized carbons (Fsp3) is 0.714. The largest absolute Gasteiger partial charge is 0.316 e. The summed E-state index contributed by atoms with van der Waals surface area (Å²) in [6.07, 6.45) is 3.63. The van der Waals surface area contributed by atoms with Gasteiger partial charge in [-0.1, -0.05) is 0 Å². The Hall–Kier alpha value is -0.170. The van der Waals surface area contributed by atoms with E-state index in [1.165, 1.54) is 19.4 Å². The first-order chi connectivity index (χ1) is 3.93. The van der Waals surface area contributed by atoms with Crippen LogP contribution in [-0.2, 0) is 0 Å². The minimum Gasteiger partial charge on any atom is -0.316 e. The molecule has 1 aliphatic rings. The van der Waals surface area contributed by atoms with Gasteiger partial charge in [0, 0.05) is 12.5 Å². The van der Waals surface area contributed by atoms with Crippen LogP contribution in [0, 0.1) is 12.8 Å². The van der Waals surface area contributed by atoms with Gasteiger partial charge in [0.2, 0.25) is 0 Å². The van der Waals surface area contributed by atoms with Gasteiger partial charge in [0.15, 0.2) is 0 Å². The van der Waals surface area contributed by atoms with Crippen molar-refractivity contribution in [2.75, 3.05) is 13.1 Å². The van der Waals surface area contributed by atoms with Crippen LogP contribution in [0.1, 0.15) is 19.3 Å². The van der Waals surface area contributed by atoms with Gasteiger partial charge >= 0.3 is 0 Å². The van der Waals surface area contributed by atoms with Crippen molar-refractivity contribution in [1.82, 2.24) is 5.32 Å². The molecule has 8 heavy (non-hydrogen) atoms. The molecule has 0 saturated carbocycles. The minimum atomic E-state index is 1.02. The van der Waals surface area contributed by atoms with E-state index in [4.69, 9.17) is 0 Å². The summed E-state index contributed by atoms with van der Waals surface area (Å²) in [5, 5.41) is 3.31. The molecule has 0 unspecified atom stereocenters. The van der Waals surface area contributed by atoms with Crippen LogP contribution in [-0.4, -0.2) is 13.1 Å². The predicted octanol–water partition coefficient (Wildman–Crippen LogP) is 1.17. The standard InChI is InChI=1S/C7H13N/c1-2-7-4-3-5-8-6-7/h8H,1-6H2/q+1. The molecular weight excluding hydrogens is 98.1 g/mol. The highest BCUT2D eigenvalue weighted by molar-refractivity contribution is 4.95. The molecule has 0 amide bonds. The molecule has 0 aliphatic carbocycles. The lowest BCUT2D eigenvalue weighted by Crippen LogP contribution is -2.27. The highest BCUT2D eigenvalue weighted by Gasteiger charge is 2.12. The van der Waals surface area contributed by atoms with E-state index in [9.17, 15) is 0 Å². The van der Waals surface area contributed by atoms with E-state index >= 15 is 0 Å². The smallest absolute Gasteiger partial charge is 0.0926 e. The molecule has 0 atom stereocenters. The summed E-state index contributed by atoms with van der Waals surface area (Å²) < 4.78 is 0. The second-order valence-corrected chi connectivity index (χ2v) is 2.28. The molecule has 0 aromatic carbocycles. The van der Waals surface area contributed by atoms with Crippen molar-refractivity contribution < 1.29 is 0 Å². The number of piperidine rings is 1. The highest BCUT2D eigenvalue weighted by Crippen LogP contribution is 2.14. The van der Waals surface area contributed by atoms with E-state index in [2.05, 4.69) is 12.2 Å². The molecule has 0 aromatic rings. The summed E-state index contributed by atoms with van der Waals surface area (Å²) in [5.74, 6) is 1.58. The molecule has 1 fully saturated rings. The Morgan fingerprint density at radius 2 is 2.50 bits per heavy atom. The van der Waals surface area contributed by atoms with Crippen molar-refractivity contribution in [2.45, 2.75) is 19.3 Å². The van der Waals surface area contributed by atoms with E-state index in [0.29, 0.717) is 0 Å². The third-order valence-corrected chi connectivity index (χ3v) is 1.61. The van der Waals surface area contributed by atoms with Crippen LogP contribution < -0.4 is 5.32 Å². The molecule has 1 heteroatoms. The first kappa shape index (κ1) is 5.96. The van der Waals surface area contributed by atoms with Crippen molar-refractivity contribution in [1.29, 1.82) is 0 Å². The van der Waals surface area contributed by atoms with Crippen molar-refractivity contribution in [3.63, 3.8) is 0 Å². The average Bonchev–Trinajstić information content (AvgIpc) is 1.90. The van der Waals surface area contributed by atoms with Crippen molar-refractivity contribution in [2.24, 2.45) is 0 Å². The molecule has 1 nitrogen and oxygen atoms in total. The molecule has 0 aromatic heterocycles. The monoisotopic (exact) mass is 111 g/mol. The highest BCUT2D eigenvalue weighted by atomic mass is 14.9. The van der Waals surface area contributed by atoms with E-state index < -0.39 is 0 Å². The van der Waals surface area contributed by atoms with Gasteiger partial charge in [-0.15, -0.1) is 0 Å². The summed E-state index contributed by atoms with van der Waals surface area (Å²) >= 11 is 0. The van der Waals surface area contributed by atoms with Crippen LogP contribution in [0.2, 0.25) is 0 Å². The molecule has 1 rings (SSSR count). The number of nitrogens with one attached hydrogen (secondary N) is 1. The maximum atomic E-state index is 3.83. The summed E-state index contributed by atoms with van der Waals surface area (Å²) in [5.41, 5.74) is 0. The van der Waals surface area contributed by atoms with Gasteiger partial charge in [-0.05, 0) is 19.4 Å². The topological polar surface area (TPSA) is 12.0 Å². The lowest BCUT2D eigenvalue weighted by atomic mass is 9.97. The normalized spacial score (nSPS) is 23.5. The van der Waals surface area contributed by atoms with Crippen molar-refractivity contribution in [3.8, 4) is 0 Å². The molecular formula is C7H13N+. The van der Waals surface area contributed by atoms with E-state index in [0.717, 1.165) is 13.0 Å².